The average Bonchev–Trinajstić information content (AvgIpc) is 2.94. The molecule has 0 atom stereocenters. The average molecular weight is 872 g/mol. The molecule has 3 aromatic carbocycles. The van der Waals surface area contributed by atoms with Crippen molar-refractivity contribution in [1.29, 1.82) is 0 Å². The van der Waals surface area contributed by atoms with Gasteiger partial charge in [-0.05, 0) is 33.7 Å². The molecule has 0 aliphatic carbocycles. The number of aliphatic hydroxyl groups is 4. The summed E-state index contributed by atoms with van der Waals surface area (Å²) < 4.78 is 338. The molecule has 0 saturated heterocycles. The first kappa shape index (κ1) is 46.3. The minimum absolute atomic E-state index is 0.625. The highest BCUT2D eigenvalue weighted by atomic mass is 19.4. The number of hydrogen-bond donors (Lipinski definition) is 6. The zero-order valence-corrected chi connectivity index (χ0v) is 25.3. The molecule has 0 amide bonds. The van der Waals surface area contributed by atoms with Gasteiger partial charge in [-0.1, -0.05) is 12.1 Å². The van der Waals surface area contributed by atoms with Gasteiger partial charge >= 0.3 is 49.4 Å². The highest BCUT2D eigenvalue weighted by Crippen LogP contribution is 2.62. The van der Waals surface area contributed by atoms with Gasteiger partial charge in [0.25, 0.3) is 22.4 Å². The highest BCUT2D eigenvalue weighted by Gasteiger charge is 2.77. The van der Waals surface area contributed by atoms with Crippen LogP contribution in [0.25, 0.3) is 21.5 Å². The quantitative estimate of drug-likeness (QED) is 0.0887. The van der Waals surface area contributed by atoms with Crippen LogP contribution in [0.15, 0.2) is 24.3 Å². The van der Waals surface area contributed by atoms with Crippen LogP contribution < -0.4 is 11.5 Å². The number of nitrogens with two attached hydrogens (primary N) is 2. The minimum atomic E-state index is -7.67. The van der Waals surface area contributed by atoms with Crippen LogP contribution in [-0.4, -0.2) is 69.8 Å². The van der Waals surface area contributed by atoms with Crippen LogP contribution in [0.1, 0.15) is 22.3 Å². The van der Waals surface area contributed by atoms with E-state index >= 15 is 0 Å². The summed E-state index contributed by atoms with van der Waals surface area (Å²) in [6, 6.07) is -3.70. The molecule has 0 spiro atoms. The summed E-state index contributed by atoms with van der Waals surface area (Å²) in [6.07, 6.45) is -60.1. The standard InChI is InChI=1S/C26H12F24N2O4/c27-19(28,29)15(53,20(30,31)32)8-3-5-1-2-6-7(10(5)12(14(8)52)18(56,25(45,46)47)26(48,49)50)4-9(16(54,21(33,34)35)22(36,37)38)13(51)11(6)17(55,23(39,40)41)24(42,43)44/h1-4,53-56H,51-52H2. The van der Waals surface area contributed by atoms with E-state index in [0.29, 0.717) is 0 Å². The topological polar surface area (TPSA) is 133 Å². The van der Waals surface area contributed by atoms with E-state index in [1.807, 2.05) is 0 Å². The van der Waals surface area contributed by atoms with Crippen LogP contribution in [0, 0.1) is 0 Å². The van der Waals surface area contributed by atoms with Gasteiger partial charge in [-0.15, -0.1) is 0 Å². The van der Waals surface area contributed by atoms with Crippen molar-refractivity contribution >= 4 is 32.9 Å². The lowest BCUT2D eigenvalue weighted by Gasteiger charge is -2.39. The number of rotatable bonds is 4. The molecular formula is C26H12F24N2O4. The lowest BCUT2D eigenvalue weighted by molar-refractivity contribution is -0.378. The molecule has 0 aromatic heterocycles. The molecule has 0 unspecified atom stereocenters. The normalized spacial score (nSPS) is 15.6. The van der Waals surface area contributed by atoms with E-state index in [4.69, 9.17) is 11.5 Å². The predicted octanol–water partition coefficient (Wildman–Crippen LogP) is 8.41. The number of fused-ring (bicyclic) bond motifs is 3. The number of benzene rings is 3. The van der Waals surface area contributed by atoms with Crippen molar-refractivity contribution in [3.8, 4) is 0 Å². The molecule has 0 saturated carbocycles. The Morgan fingerprint density at radius 2 is 0.607 bits per heavy atom. The summed E-state index contributed by atoms with van der Waals surface area (Å²) in [5, 5.41) is 29.3. The van der Waals surface area contributed by atoms with E-state index in [1.54, 1.807) is 0 Å². The summed E-state index contributed by atoms with van der Waals surface area (Å²) >= 11 is 0. The van der Waals surface area contributed by atoms with Crippen molar-refractivity contribution in [2.24, 2.45) is 0 Å². The molecule has 3 aromatic rings. The first-order chi connectivity index (χ1) is 24.3. The predicted molar refractivity (Wildman–Crippen MR) is 134 cm³/mol. The third-order valence-electron chi connectivity index (χ3n) is 8.29. The maximum Gasteiger partial charge on any atom is 0.430 e. The minimum Gasteiger partial charge on any atom is -0.398 e. The van der Waals surface area contributed by atoms with Crippen LogP contribution >= 0.6 is 0 Å². The molecule has 0 bridgehead atoms. The Bertz CT molecular complexity index is 1970. The largest absolute Gasteiger partial charge is 0.430 e. The van der Waals surface area contributed by atoms with Gasteiger partial charge in [-0.2, -0.15) is 105 Å². The Morgan fingerprint density at radius 3 is 0.911 bits per heavy atom. The number of anilines is 2. The molecule has 0 heterocycles. The Hall–Kier alpha value is -4.06. The summed E-state index contributed by atoms with van der Waals surface area (Å²) in [5.74, 6) is 0. The molecule has 30 heteroatoms. The van der Waals surface area contributed by atoms with Crippen LogP contribution in [0.2, 0.25) is 0 Å². The second-order valence-corrected chi connectivity index (χ2v) is 11.5. The van der Waals surface area contributed by atoms with E-state index < -0.39 is 151 Å². The number of alkyl halides is 24. The molecule has 0 radical (unpaired) electrons. The van der Waals surface area contributed by atoms with Crippen LogP contribution in [-0.2, 0) is 22.4 Å². The van der Waals surface area contributed by atoms with Gasteiger partial charge in [0.05, 0.1) is 0 Å². The molecule has 0 aliphatic rings. The second-order valence-electron chi connectivity index (χ2n) is 11.5. The van der Waals surface area contributed by atoms with Crippen molar-refractivity contribution < 1.29 is 126 Å². The maximum atomic E-state index is 14.3. The smallest absolute Gasteiger partial charge is 0.398 e. The fourth-order valence-corrected chi connectivity index (χ4v) is 5.59. The maximum absolute atomic E-state index is 14.3. The van der Waals surface area contributed by atoms with Gasteiger partial charge in [0, 0.05) is 33.6 Å². The highest BCUT2D eigenvalue weighted by molar-refractivity contribution is 6.14. The molecule has 56 heavy (non-hydrogen) atoms. The van der Waals surface area contributed by atoms with Gasteiger partial charge in [-0.3, -0.25) is 0 Å². The number of nitrogen functional groups attached to an aromatic ring is 2. The van der Waals surface area contributed by atoms with Crippen molar-refractivity contribution in [2.75, 3.05) is 11.5 Å². The van der Waals surface area contributed by atoms with Crippen molar-refractivity contribution in [1.82, 2.24) is 0 Å². The van der Waals surface area contributed by atoms with E-state index in [1.165, 1.54) is 0 Å². The zero-order chi connectivity index (χ0) is 44.6. The number of hydrogen-bond acceptors (Lipinski definition) is 6. The van der Waals surface area contributed by atoms with Gasteiger partial charge in [0.1, 0.15) is 0 Å². The van der Waals surface area contributed by atoms with Crippen molar-refractivity contribution in [3.63, 3.8) is 0 Å². The SMILES string of the molecule is Nc1c(C(O)(C(F)(F)F)C(F)(F)F)cc2c(ccc3cc(C(O)(C(F)(F)F)C(F)(F)F)c(N)c(C(O)(C(F)(F)F)C(F)(F)F)c32)c1C(O)(C(F)(F)F)C(F)(F)F. The lowest BCUT2D eigenvalue weighted by Crippen LogP contribution is -2.57. The van der Waals surface area contributed by atoms with Gasteiger partial charge in [0.2, 0.25) is 0 Å². The molecule has 318 valence electrons. The number of halogens is 24. The summed E-state index contributed by atoms with van der Waals surface area (Å²) in [5.41, 5.74) is -39.4. The summed E-state index contributed by atoms with van der Waals surface area (Å²) in [7, 11) is 0. The molecule has 8 N–H and O–H groups in total. The summed E-state index contributed by atoms with van der Waals surface area (Å²) in [6.45, 7) is 0. The Morgan fingerprint density at radius 1 is 0.339 bits per heavy atom. The van der Waals surface area contributed by atoms with Crippen LogP contribution in [0.4, 0.5) is 117 Å². The zero-order valence-electron chi connectivity index (χ0n) is 25.3. The second kappa shape index (κ2) is 12.2. The summed E-state index contributed by atoms with van der Waals surface area (Å²) in [4.78, 5) is 0. The monoisotopic (exact) mass is 872 g/mol. The van der Waals surface area contributed by atoms with E-state index in [0.717, 1.165) is 0 Å². The Balaban J connectivity index is 3.17. The fourth-order valence-electron chi connectivity index (χ4n) is 5.59. The fraction of sp³-hybridized carbons (Fsp3) is 0.462. The molecule has 6 nitrogen and oxygen atoms in total. The first-order valence-electron chi connectivity index (χ1n) is 13.3. The van der Waals surface area contributed by atoms with Crippen LogP contribution in [0.3, 0.4) is 0 Å². The van der Waals surface area contributed by atoms with E-state index in [9.17, 15) is 126 Å². The molecule has 0 fully saturated rings. The third-order valence-corrected chi connectivity index (χ3v) is 8.29. The van der Waals surface area contributed by atoms with Gasteiger partial charge < -0.3 is 31.9 Å². The third kappa shape index (κ3) is 6.02. The van der Waals surface area contributed by atoms with Gasteiger partial charge in [0.15, 0.2) is 0 Å². The lowest BCUT2D eigenvalue weighted by atomic mass is 9.76. The molecule has 3 rings (SSSR count). The Kier molecular flexibility index (Phi) is 10.1. The molecule has 0 aliphatic heterocycles. The first-order valence-corrected chi connectivity index (χ1v) is 13.3. The Labute approximate surface area is 289 Å². The van der Waals surface area contributed by atoms with Crippen molar-refractivity contribution in [3.05, 3.63) is 46.5 Å². The van der Waals surface area contributed by atoms with Gasteiger partial charge in [-0.25, -0.2) is 0 Å². The van der Waals surface area contributed by atoms with E-state index in [2.05, 4.69) is 0 Å². The van der Waals surface area contributed by atoms with Crippen molar-refractivity contribution in [2.45, 2.75) is 71.8 Å². The molecular weight excluding hydrogens is 860 g/mol. The van der Waals surface area contributed by atoms with Crippen LogP contribution in [0.5, 0.6) is 0 Å². The van der Waals surface area contributed by atoms with E-state index in [-0.39, 0.29) is 0 Å².